The Hall–Kier alpha value is -3.72. The number of hydrogen-bond donors (Lipinski definition) is 1. The highest BCUT2D eigenvalue weighted by molar-refractivity contribution is 5.93. The van der Waals surface area contributed by atoms with Crippen molar-refractivity contribution in [3.05, 3.63) is 81.6 Å². The number of amides is 1. The molecule has 6 heteroatoms. The van der Waals surface area contributed by atoms with Crippen molar-refractivity contribution < 1.29 is 4.79 Å². The largest absolute Gasteiger partial charge is 0.324 e. The third-order valence-electron chi connectivity index (χ3n) is 4.74. The Morgan fingerprint density at radius 3 is 2.69 bits per heavy atom. The predicted octanol–water partition coefficient (Wildman–Crippen LogP) is 3.99. The number of nitriles is 1. The molecular weight excluding hydrogens is 364 g/mol. The molecular formula is C23H22N4O2. The third kappa shape index (κ3) is 4.41. The molecule has 0 saturated carbocycles. The van der Waals surface area contributed by atoms with Crippen LogP contribution in [0.2, 0.25) is 0 Å². The zero-order chi connectivity index (χ0) is 21.0. The first kappa shape index (κ1) is 20.0. The van der Waals surface area contributed by atoms with Gasteiger partial charge in [0.05, 0.1) is 17.3 Å². The molecule has 6 nitrogen and oxygen atoms in total. The lowest BCUT2D eigenvalue weighted by Gasteiger charge is -2.18. The number of aromatic nitrogens is 2. The van der Waals surface area contributed by atoms with E-state index in [-0.39, 0.29) is 11.5 Å². The van der Waals surface area contributed by atoms with Gasteiger partial charge in [-0.2, -0.15) is 10.4 Å². The average molecular weight is 386 g/mol. The summed E-state index contributed by atoms with van der Waals surface area (Å²) in [5, 5.41) is 16.3. The van der Waals surface area contributed by atoms with E-state index in [1.54, 1.807) is 30.3 Å². The summed E-state index contributed by atoms with van der Waals surface area (Å²) in [6, 6.07) is 17.1. The van der Waals surface area contributed by atoms with Gasteiger partial charge in [-0.15, -0.1) is 0 Å². The summed E-state index contributed by atoms with van der Waals surface area (Å²) in [6.07, 6.45) is 0.396. The molecule has 1 amide bonds. The Kier molecular flexibility index (Phi) is 5.89. The molecule has 0 aliphatic rings. The highest BCUT2D eigenvalue weighted by Crippen LogP contribution is 2.23. The molecule has 0 aliphatic carbocycles. The first-order valence-corrected chi connectivity index (χ1v) is 9.41. The van der Waals surface area contributed by atoms with E-state index < -0.39 is 6.04 Å². The molecule has 3 rings (SSSR count). The molecule has 0 unspecified atom stereocenters. The third-order valence-corrected chi connectivity index (χ3v) is 4.74. The van der Waals surface area contributed by atoms with Crippen molar-refractivity contribution in [1.29, 1.82) is 5.26 Å². The van der Waals surface area contributed by atoms with Gasteiger partial charge >= 0.3 is 0 Å². The summed E-state index contributed by atoms with van der Waals surface area (Å²) in [6.45, 7) is 5.81. The summed E-state index contributed by atoms with van der Waals surface area (Å²) in [5.74, 6) is -0.352. The van der Waals surface area contributed by atoms with Gasteiger partial charge in [0.2, 0.25) is 5.91 Å². The van der Waals surface area contributed by atoms with Gasteiger partial charge in [0.25, 0.3) is 5.56 Å². The summed E-state index contributed by atoms with van der Waals surface area (Å²) in [4.78, 5) is 25.4. The van der Waals surface area contributed by atoms with Gasteiger partial charge in [-0.3, -0.25) is 9.59 Å². The van der Waals surface area contributed by atoms with E-state index in [1.807, 2.05) is 45.0 Å². The maximum Gasteiger partial charge on any atom is 0.267 e. The Morgan fingerprint density at radius 2 is 1.97 bits per heavy atom. The Morgan fingerprint density at radius 1 is 1.17 bits per heavy atom. The summed E-state index contributed by atoms with van der Waals surface area (Å²) < 4.78 is 1.24. The fraction of sp³-hybridized carbons (Fsp3) is 0.217. The second-order valence-electron chi connectivity index (χ2n) is 6.93. The predicted molar refractivity (Wildman–Crippen MR) is 113 cm³/mol. The molecule has 3 aromatic rings. The van der Waals surface area contributed by atoms with Crippen molar-refractivity contribution >= 4 is 11.6 Å². The number of nitrogens with zero attached hydrogens (tertiary/aromatic N) is 3. The van der Waals surface area contributed by atoms with Crippen molar-refractivity contribution in [2.24, 2.45) is 0 Å². The first-order valence-electron chi connectivity index (χ1n) is 9.41. The van der Waals surface area contributed by atoms with Gasteiger partial charge in [0.15, 0.2) is 0 Å². The van der Waals surface area contributed by atoms with Crippen molar-refractivity contribution in [1.82, 2.24) is 9.78 Å². The van der Waals surface area contributed by atoms with Crippen LogP contribution in [0.15, 0.2) is 59.4 Å². The molecule has 0 radical (unpaired) electrons. The zero-order valence-corrected chi connectivity index (χ0v) is 16.6. The smallest absolute Gasteiger partial charge is 0.267 e. The van der Waals surface area contributed by atoms with Gasteiger partial charge in [-0.1, -0.05) is 30.7 Å². The van der Waals surface area contributed by atoms with Crippen molar-refractivity contribution in [2.45, 2.75) is 33.2 Å². The molecule has 1 aromatic heterocycles. The Balaban J connectivity index is 1.96. The number of rotatable bonds is 5. The molecule has 0 bridgehead atoms. The van der Waals surface area contributed by atoms with Crippen LogP contribution in [0.25, 0.3) is 11.3 Å². The first-order chi connectivity index (χ1) is 13.9. The minimum Gasteiger partial charge on any atom is -0.324 e. The van der Waals surface area contributed by atoms with Crippen LogP contribution >= 0.6 is 0 Å². The number of hydrogen-bond acceptors (Lipinski definition) is 4. The number of carbonyl (C=O) groups is 1. The lowest BCUT2D eigenvalue weighted by Crippen LogP contribution is -2.34. The molecule has 0 saturated heterocycles. The van der Waals surface area contributed by atoms with Crippen LogP contribution in [0.4, 0.5) is 5.69 Å². The van der Waals surface area contributed by atoms with E-state index in [0.717, 1.165) is 16.7 Å². The highest BCUT2D eigenvalue weighted by Gasteiger charge is 2.22. The van der Waals surface area contributed by atoms with Crippen LogP contribution in [0.5, 0.6) is 0 Å². The van der Waals surface area contributed by atoms with Crippen LogP contribution in [0, 0.1) is 25.2 Å². The maximum atomic E-state index is 12.9. The van der Waals surface area contributed by atoms with Crippen molar-refractivity contribution in [2.75, 3.05) is 5.32 Å². The molecule has 1 heterocycles. The summed E-state index contributed by atoms with van der Waals surface area (Å²) in [5.41, 5.74) is 4.31. The molecule has 1 N–H and O–H groups in total. The minimum absolute atomic E-state index is 0.341. The zero-order valence-electron chi connectivity index (χ0n) is 16.6. The van der Waals surface area contributed by atoms with Crippen LogP contribution in [-0.4, -0.2) is 15.7 Å². The van der Waals surface area contributed by atoms with E-state index in [9.17, 15) is 9.59 Å². The Labute approximate surface area is 169 Å². The van der Waals surface area contributed by atoms with E-state index in [2.05, 4.69) is 10.4 Å². The fourth-order valence-corrected chi connectivity index (χ4v) is 3.17. The maximum absolute atomic E-state index is 12.9. The standard InChI is InChI=1S/C23H22N4O2/c1-4-21(23(29)25-18-7-5-6-17(13-18)14-24)27-22(28)11-10-20(26-27)19-12-15(2)8-9-16(19)3/h5-13,21H,4H2,1-3H3,(H,25,29)/t21-/m0/s1. The van der Waals surface area contributed by atoms with Gasteiger partial charge in [-0.05, 0) is 56.2 Å². The molecule has 0 fully saturated rings. The fourth-order valence-electron chi connectivity index (χ4n) is 3.17. The lowest BCUT2D eigenvalue weighted by molar-refractivity contribution is -0.119. The van der Waals surface area contributed by atoms with E-state index in [1.165, 1.54) is 10.7 Å². The Bertz CT molecular complexity index is 1160. The van der Waals surface area contributed by atoms with Crippen LogP contribution in [0.3, 0.4) is 0 Å². The molecule has 29 heavy (non-hydrogen) atoms. The number of aryl methyl sites for hydroxylation is 2. The molecule has 1 atom stereocenters. The number of benzene rings is 2. The van der Waals surface area contributed by atoms with Gasteiger partial charge in [-0.25, -0.2) is 4.68 Å². The van der Waals surface area contributed by atoms with Gasteiger partial charge in [0, 0.05) is 17.3 Å². The summed E-state index contributed by atoms with van der Waals surface area (Å²) in [7, 11) is 0. The second kappa shape index (κ2) is 8.53. The van der Waals surface area contributed by atoms with E-state index in [0.29, 0.717) is 23.4 Å². The SMILES string of the molecule is CC[C@@H](C(=O)Nc1cccc(C#N)c1)n1nc(-c2cc(C)ccc2C)ccc1=O. The van der Waals surface area contributed by atoms with Gasteiger partial charge < -0.3 is 5.32 Å². The number of carbonyl (C=O) groups excluding carboxylic acids is 1. The van der Waals surface area contributed by atoms with Crippen LogP contribution in [-0.2, 0) is 4.79 Å². The van der Waals surface area contributed by atoms with E-state index >= 15 is 0 Å². The quantitative estimate of drug-likeness (QED) is 0.718. The van der Waals surface area contributed by atoms with E-state index in [4.69, 9.17) is 5.26 Å². The molecule has 0 spiro atoms. The van der Waals surface area contributed by atoms with Crippen LogP contribution < -0.4 is 10.9 Å². The summed E-state index contributed by atoms with van der Waals surface area (Å²) >= 11 is 0. The highest BCUT2D eigenvalue weighted by atomic mass is 16.2. The topological polar surface area (TPSA) is 87.8 Å². The van der Waals surface area contributed by atoms with Crippen molar-refractivity contribution in [3.63, 3.8) is 0 Å². The normalized spacial score (nSPS) is 11.5. The number of nitrogens with one attached hydrogen (secondary N) is 1. The average Bonchev–Trinajstić information content (AvgIpc) is 2.72. The monoisotopic (exact) mass is 386 g/mol. The molecule has 2 aromatic carbocycles. The second-order valence-corrected chi connectivity index (χ2v) is 6.93. The molecule has 146 valence electrons. The van der Waals surface area contributed by atoms with Crippen LogP contribution in [0.1, 0.15) is 36.1 Å². The van der Waals surface area contributed by atoms with Crippen molar-refractivity contribution in [3.8, 4) is 17.3 Å². The number of anilines is 1. The molecule has 0 aliphatic heterocycles. The minimum atomic E-state index is -0.765. The van der Waals surface area contributed by atoms with Gasteiger partial charge in [0.1, 0.15) is 6.04 Å². The lowest BCUT2D eigenvalue weighted by atomic mass is 10.0.